The summed E-state index contributed by atoms with van der Waals surface area (Å²) in [6.45, 7) is 1.97. The van der Waals surface area contributed by atoms with E-state index in [9.17, 15) is 0 Å². The average Bonchev–Trinajstić information content (AvgIpc) is 2.75. The topological polar surface area (TPSA) is 43.6 Å². The summed E-state index contributed by atoms with van der Waals surface area (Å²) in [4.78, 5) is 13.5. The molecule has 4 nitrogen and oxygen atoms in total. The summed E-state index contributed by atoms with van der Waals surface area (Å²) in [5.74, 6) is 0.868. The average molecular weight is 260 g/mol. The number of hydrogen-bond donors (Lipinski definition) is 0. The maximum Gasteiger partial charge on any atom is 0.174 e. The minimum atomic E-state index is 0.868. The van der Waals surface area contributed by atoms with E-state index < -0.39 is 0 Å². The highest BCUT2D eigenvalue weighted by atomic mass is 32.2. The van der Waals surface area contributed by atoms with Gasteiger partial charge in [0.05, 0.1) is 0 Å². The molecule has 0 unspecified atom stereocenters. The van der Waals surface area contributed by atoms with E-state index in [-0.39, 0.29) is 0 Å². The van der Waals surface area contributed by atoms with Gasteiger partial charge in [0.25, 0.3) is 0 Å². The van der Waals surface area contributed by atoms with Gasteiger partial charge in [-0.25, -0.2) is 15.0 Å². The van der Waals surface area contributed by atoms with Crippen LogP contribution >= 0.6 is 11.8 Å². The Kier molecular flexibility index (Phi) is 3.07. The fraction of sp³-hybridized carbons (Fsp3) is 0.462. The third-order valence-electron chi connectivity index (χ3n) is 3.22. The summed E-state index contributed by atoms with van der Waals surface area (Å²) in [6, 6.07) is 0. The van der Waals surface area contributed by atoms with Gasteiger partial charge in [0, 0.05) is 30.7 Å². The Hall–Kier alpha value is -1.36. The van der Waals surface area contributed by atoms with E-state index in [4.69, 9.17) is 0 Å². The number of aromatic nitrogens is 4. The van der Waals surface area contributed by atoms with Crippen LogP contribution in [0.25, 0.3) is 0 Å². The standard InChI is InChI=1S/C13H16N4S/c1-9-15-11-6-4-3-5-10(11)12(16-9)18-13-14-7-8-17(13)2/h7-8H,3-6H2,1-2H3. The minimum Gasteiger partial charge on any atom is -0.329 e. The van der Waals surface area contributed by atoms with Crippen molar-refractivity contribution in [1.82, 2.24) is 19.5 Å². The molecule has 1 aliphatic rings. The Morgan fingerprint density at radius 2 is 2.06 bits per heavy atom. The summed E-state index contributed by atoms with van der Waals surface area (Å²) in [5, 5.41) is 2.08. The van der Waals surface area contributed by atoms with Gasteiger partial charge in [-0.1, -0.05) is 0 Å². The number of fused-ring (bicyclic) bond motifs is 1. The third-order valence-corrected chi connectivity index (χ3v) is 4.33. The lowest BCUT2D eigenvalue weighted by molar-refractivity contribution is 0.639. The first-order chi connectivity index (χ1) is 8.74. The smallest absolute Gasteiger partial charge is 0.174 e. The first-order valence-electron chi connectivity index (χ1n) is 6.25. The van der Waals surface area contributed by atoms with Crippen molar-refractivity contribution in [3.05, 3.63) is 29.5 Å². The van der Waals surface area contributed by atoms with Crippen LogP contribution in [-0.4, -0.2) is 19.5 Å². The molecule has 0 spiro atoms. The van der Waals surface area contributed by atoms with Crippen molar-refractivity contribution >= 4 is 11.8 Å². The molecule has 0 atom stereocenters. The van der Waals surface area contributed by atoms with Gasteiger partial charge in [-0.05, 0) is 44.4 Å². The molecule has 18 heavy (non-hydrogen) atoms. The Morgan fingerprint density at radius 3 is 2.83 bits per heavy atom. The largest absolute Gasteiger partial charge is 0.329 e. The van der Waals surface area contributed by atoms with Crippen molar-refractivity contribution in [1.29, 1.82) is 0 Å². The van der Waals surface area contributed by atoms with Crippen molar-refractivity contribution in [2.75, 3.05) is 0 Å². The van der Waals surface area contributed by atoms with Gasteiger partial charge in [-0.2, -0.15) is 0 Å². The molecule has 94 valence electrons. The molecule has 2 aromatic heterocycles. The number of rotatable bonds is 2. The van der Waals surface area contributed by atoms with E-state index in [0.29, 0.717) is 0 Å². The van der Waals surface area contributed by atoms with Crippen molar-refractivity contribution < 1.29 is 0 Å². The fourth-order valence-electron chi connectivity index (χ4n) is 2.30. The van der Waals surface area contributed by atoms with Crippen molar-refractivity contribution in [2.24, 2.45) is 7.05 Å². The molecule has 0 saturated carbocycles. The summed E-state index contributed by atoms with van der Waals surface area (Å²) in [6.07, 6.45) is 8.46. The molecule has 2 heterocycles. The van der Waals surface area contributed by atoms with E-state index in [1.165, 1.54) is 24.1 Å². The van der Waals surface area contributed by atoms with E-state index in [0.717, 1.165) is 28.8 Å². The first kappa shape index (κ1) is 11.7. The predicted molar refractivity (Wildman–Crippen MR) is 70.7 cm³/mol. The summed E-state index contributed by atoms with van der Waals surface area (Å²) in [5.41, 5.74) is 2.57. The van der Waals surface area contributed by atoms with Crippen LogP contribution in [0.1, 0.15) is 29.9 Å². The molecule has 0 aromatic carbocycles. The van der Waals surface area contributed by atoms with Crippen molar-refractivity contribution in [2.45, 2.75) is 42.8 Å². The van der Waals surface area contributed by atoms with Crippen molar-refractivity contribution in [3.63, 3.8) is 0 Å². The van der Waals surface area contributed by atoms with Gasteiger partial charge >= 0.3 is 0 Å². The Balaban J connectivity index is 2.01. The Labute approximate surface area is 111 Å². The lowest BCUT2D eigenvalue weighted by Crippen LogP contribution is -2.10. The van der Waals surface area contributed by atoms with E-state index >= 15 is 0 Å². The zero-order chi connectivity index (χ0) is 12.5. The molecule has 0 radical (unpaired) electrons. The van der Waals surface area contributed by atoms with Crippen LogP contribution in [0.3, 0.4) is 0 Å². The molecule has 0 saturated heterocycles. The Bertz CT molecular complexity index is 576. The maximum absolute atomic E-state index is 4.60. The third kappa shape index (κ3) is 2.14. The minimum absolute atomic E-state index is 0.868. The maximum atomic E-state index is 4.60. The van der Waals surface area contributed by atoms with Crippen LogP contribution in [0.15, 0.2) is 22.6 Å². The zero-order valence-corrected chi connectivity index (χ0v) is 11.5. The SMILES string of the molecule is Cc1nc2c(c(Sc3nccn3C)n1)CCCC2. The highest BCUT2D eigenvalue weighted by molar-refractivity contribution is 7.99. The van der Waals surface area contributed by atoms with E-state index in [1.807, 2.05) is 30.9 Å². The van der Waals surface area contributed by atoms with Crippen LogP contribution in [-0.2, 0) is 19.9 Å². The van der Waals surface area contributed by atoms with E-state index in [1.54, 1.807) is 11.8 Å². The Morgan fingerprint density at radius 1 is 1.22 bits per heavy atom. The lowest BCUT2D eigenvalue weighted by Gasteiger charge is -2.17. The monoisotopic (exact) mass is 260 g/mol. The predicted octanol–water partition coefficient (Wildman–Crippen LogP) is 2.55. The lowest BCUT2D eigenvalue weighted by atomic mass is 9.97. The fourth-order valence-corrected chi connectivity index (χ4v) is 3.31. The second-order valence-corrected chi connectivity index (χ2v) is 5.59. The second-order valence-electron chi connectivity index (χ2n) is 4.63. The molecule has 0 aliphatic heterocycles. The van der Waals surface area contributed by atoms with Crippen LogP contribution in [0.5, 0.6) is 0 Å². The molecule has 2 aromatic rings. The number of hydrogen-bond acceptors (Lipinski definition) is 4. The van der Waals surface area contributed by atoms with Gasteiger partial charge in [0.2, 0.25) is 0 Å². The normalized spacial score (nSPS) is 14.6. The molecule has 0 amide bonds. The summed E-state index contributed by atoms with van der Waals surface area (Å²) >= 11 is 1.65. The second kappa shape index (κ2) is 4.72. The highest BCUT2D eigenvalue weighted by Gasteiger charge is 2.18. The van der Waals surface area contributed by atoms with Gasteiger partial charge in [-0.3, -0.25) is 0 Å². The van der Waals surface area contributed by atoms with E-state index in [2.05, 4.69) is 15.0 Å². The number of imidazole rings is 1. The van der Waals surface area contributed by atoms with Gasteiger partial charge in [0.15, 0.2) is 5.16 Å². The highest BCUT2D eigenvalue weighted by Crippen LogP contribution is 2.32. The molecular weight excluding hydrogens is 244 g/mol. The van der Waals surface area contributed by atoms with Crippen LogP contribution in [0.4, 0.5) is 0 Å². The van der Waals surface area contributed by atoms with Gasteiger partial charge in [-0.15, -0.1) is 0 Å². The van der Waals surface area contributed by atoms with Gasteiger partial charge in [0.1, 0.15) is 10.9 Å². The summed E-state index contributed by atoms with van der Waals surface area (Å²) < 4.78 is 2.03. The molecule has 3 rings (SSSR count). The zero-order valence-electron chi connectivity index (χ0n) is 10.7. The molecule has 0 N–H and O–H groups in total. The molecular formula is C13H16N4S. The summed E-state index contributed by atoms with van der Waals surface area (Å²) in [7, 11) is 2.01. The van der Waals surface area contributed by atoms with Crippen LogP contribution in [0, 0.1) is 6.92 Å². The molecule has 5 heteroatoms. The van der Waals surface area contributed by atoms with Gasteiger partial charge < -0.3 is 4.57 Å². The molecule has 0 fully saturated rings. The number of aryl methyl sites for hydroxylation is 3. The molecule has 0 bridgehead atoms. The molecule has 1 aliphatic carbocycles. The van der Waals surface area contributed by atoms with Crippen LogP contribution in [0.2, 0.25) is 0 Å². The number of nitrogens with zero attached hydrogens (tertiary/aromatic N) is 4. The van der Waals surface area contributed by atoms with Crippen LogP contribution < -0.4 is 0 Å². The first-order valence-corrected chi connectivity index (χ1v) is 7.07. The van der Waals surface area contributed by atoms with Crippen molar-refractivity contribution in [3.8, 4) is 0 Å². The quantitative estimate of drug-likeness (QED) is 0.778.